The average Bonchev–Trinajstić information content (AvgIpc) is 1.87. The maximum Gasteiger partial charge on any atom is 0.0199 e. The van der Waals surface area contributed by atoms with E-state index in [-0.39, 0.29) is 0 Å². The minimum absolute atomic E-state index is 0.531. The first-order valence-electron chi connectivity index (χ1n) is 3.18. The Hall–Kier alpha value is 0.0500. The van der Waals surface area contributed by atoms with Crippen LogP contribution in [0.3, 0.4) is 0 Å². The fourth-order valence-corrected chi connectivity index (χ4v) is 1.43. The summed E-state index contributed by atoms with van der Waals surface area (Å²) in [6.07, 6.45) is 1.94. The zero-order valence-electron chi connectivity index (χ0n) is 6.13. The van der Waals surface area contributed by atoms with Crippen LogP contribution in [-0.2, 0) is 0 Å². The van der Waals surface area contributed by atoms with Crippen molar-refractivity contribution < 1.29 is 0 Å². The van der Waals surface area contributed by atoms with E-state index in [0.717, 1.165) is 6.54 Å². The second kappa shape index (κ2) is 4.89. The van der Waals surface area contributed by atoms with Crippen molar-refractivity contribution in [3.05, 3.63) is 12.7 Å². The van der Waals surface area contributed by atoms with Gasteiger partial charge < -0.3 is 5.73 Å². The predicted molar refractivity (Wildman–Crippen MR) is 45.8 cm³/mol. The molecule has 0 spiro atoms. The normalized spacial score (nSPS) is 16.8. The summed E-state index contributed by atoms with van der Waals surface area (Å²) in [5.74, 6) is 0. The van der Waals surface area contributed by atoms with Gasteiger partial charge in [0, 0.05) is 17.0 Å². The SMILES string of the molecule is C=CC(C)SC(C)CN. The van der Waals surface area contributed by atoms with E-state index in [1.165, 1.54) is 0 Å². The summed E-state index contributed by atoms with van der Waals surface area (Å²) in [5, 5.41) is 1.08. The standard InChI is InChI=1S/C7H15NS/c1-4-6(2)9-7(3)5-8/h4,6-7H,1,5,8H2,2-3H3. The van der Waals surface area contributed by atoms with E-state index in [0.29, 0.717) is 10.5 Å². The van der Waals surface area contributed by atoms with Crippen molar-refractivity contribution in [2.75, 3.05) is 6.54 Å². The molecule has 0 bridgehead atoms. The number of hydrogen-bond donors (Lipinski definition) is 1. The second-order valence-electron chi connectivity index (χ2n) is 2.12. The van der Waals surface area contributed by atoms with Gasteiger partial charge in [-0.2, -0.15) is 11.8 Å². The maximum atomic E-state index is 5.42. The van der Waals surface area contributed by atoms with Crippen LogP contribution >= 0.6 is 11.8 Å². The van der Waals surface area contributed by atoms with Gasteiger partial charge in [0.2, 0.25) is 0 Å². The monoisotopic (exact) mass is 145 g/mol. The van der Waals surface area contributed by atoms with Crippen molar-refractivity contribution in [1.29, 1.82) is 0 Å². The van der Waals surface area contributed by atoms with E-state index in [2.05, 4.69) is 20.4 Å². The molecule has 0 rings (SSSR count). The van der Waals surface area contributed by atoms with Gasteiger partial charge in [0.15, 0.2) is 0 Å². The number of hydrogen-bond acceptors (Lipinski definition) is 2. The van der Waals surface area contributed by atoms with Crippen LogP contribution in [0.25, 0.3) is 0 Å². The van der Waals surface area contributed by atoms with Gasteiger partial charge in [-0.15, -0.1) is 6.58 Å². The van der Waals surface area contributed by atoms with Gasteiger partial charge in [-0.3, -0.25) is 0 Å². The summed E-state index contributed by atoms with van der Waals surface area (Å²) >= 11 is 1.86. The molecular weight excluding hydrogens is 130 g/mol. The molecule has 2 heteroatoms. The minimum atomic E-state index is 0.531. The first kappa shape index (κ1) is 9.05. The smallest absolute Gasteiger partial charge is 0.0199 e. The molecule has 0 aromatic carbocycles. The Morgan fingerprint density at radius 2 is 2.22 bits per heavy atom. The van der Waals surface area contributed by atoms with Gasteiger partial charge in [-0.05, 0) is 6.92 Å². The minimum Gasteiger partial charge on any atom is -0.329 e. The van der Waals surface area contributed by atoms with Crippen molar-refractivity contribution in [3.8, 4) is 0 Å². The fraction of sp³-hybridized carbons (Fsp3) is 0.714. The Balaban J connectivity index is 3.33. The van der Waals surface area contributed by atoms with Gasteiger partial charge in [-0.1, -0.05) is 13.0 Å². The molecule has 0 radical (unpaired) electrons. The molecular formula is C7H15NS. The first-order valence-corrected chi connectivity index (χ1v) is 4.13. The molecule has 9 heavy (non-hydrogen) atoms. The molecule has 0 aliphatic rings. The summed E-state index contributed by atoms with van der Waals surface area (Å²) in [7, 11) is 0. The van der Waals surface area contributed by atoms with Gasteiger partial charge in [0.1, 0.15) is 0 Å². The molecule has 0 aliphatic heterocycles. The van der Waals surface area contributed by atoms with Gasteiger partial charge in [-0.25, -0.2) is 0 Å². The Kier molecular flexibility index (Phi) is 4.91. The van der Waals surface area contributed by atoms with Crippen LogP contribution in [0.4, 0.5) is 0 Å². The number of nitrogens with two attached hydrogens (primary N) is 1. The fourth-order valence-electron chi connectivity index (χ4n) is 0.478. The van der Waals surface area contributed by atoms with Crippen molar-refractivity contribution in [3.63, 3.8) is 0 Å². The lowest BCUT2D eigenvalue weighted by Crippen LogP contribution is -2.14. The Morgan fingerprint density at radius 3 is 2.56 bits per heavy atom. The van der Waals surface area contributed by atoms with Crippen LogP contribution in [0.15, 0.2) is 12.7 Å². The molecule has 0 saturated carbocycles. The third-order valence-electron chi connectivity index (χ3n) is 1.11. The highest BCUT2D eigenvalue weighted by Crippen LogP contribution is 2.16. The highest BCUT2D eigenvalue weighted by Gasteiger charge is 2.02. The summed E-state index contributed by atoms with van der Waals surface area (Å²) in [6.45, 7) is 8.70. The summed E-state index contributed by atoms with van der Waals surface area (Å²) in [6, 6.07) is 0. The van der Waals surface area contributed by atoms with Crippen molar-refractivity contribution in [1.82, 2.24) is 0 Å². The molecule has 0 aliphatic carbocycles. The second-order valence-corrected chi connectivity index (χ2v) is 3.94. The predicted octanol–water partition coefficient (Wildman–Crippen LogP) is 1.64. The molecule has 2 unspecified atom stereocenters. The van der Waals surface area contributed by atoms with E-state index in [1.807, 2.05) is 17.8 Å². The summed E-state index contributed by atoms with van der Waals surface area (Å²) in [5.41, 5.74) is 5.42. The van der Waals surface area contributed by atoms with Crippen LogP contribution < -0.4 is 5.73 Å². The molecule has 0 aromatic heterocycles. The average molecular weight is 145 g/mol. The zero-order chi connectivity index (χ0) is 7.28. The molecule has 0 heterocycles. The molecule has 1 nitrogen and oxygen atoms in total. The highest BCUT2D eigenvalue weighted by molar-refractivity contribution is 8.00. The van der Waals surface area contributed by atoms with Crippen molar-refractivity contribution in [2.24, 2.45) is 5.73 Å². The summed E-state index contributed by atoms with van der Waals surface area (Å²) < 4.78 is 0. The van der Waals surface area contributed by atoms with E-state index in [1.54, 1.807) is 0 Å². The molecule has 2 N–H and O–H groups in total. The van der Waals surface area contributed by atoms with Crippen molar-refractivity contribution in [2.45, 2.75) is 24.3 Å². The van der Waals surface area contributed by atoms with E-state index >= 15 is 0 Å². The van der Waals surface area contributed by atoms with Crippen molar-refractivity contribution >= 4 is 11.8 Å². The first-order chi connectivity index (χ1) is 4.20. The Bertz CT molecular complexity index is 83.0. The Morgan fingerprint density at radius 1 is 1.67 bits per heavy atom. The Labute approximate surface area is 61.7 Å². The third-order valence-corrected chi connectivity index (χ3v) is 2.39. The zero-order valence-corrected chi connectivity index (χ0v) is 6.95. The summed E-state index contributed by atoms with van der Waals surface area (Å²) in [4.78, 5) is 0. The lowest BCUT2D eigenvalue weighted by atomic mass is 10.5. The maximum absolute atomic E-state index is 5.42. The quantitative estimate of drug-likeness (QED) is 0.609. The van der Waals surface area contributed by atoms with Crippen LogP contribution in [0.1, 0.15) is 13.8 Å². The number of rotatable bonds is 4. The van der Waals surface area contributed by atoms with Crippen LogP contribution in [-0.4, -0.2) is 17.0 Å². The van der Waals surface area contributed by atoms with Crippen LogP contribution in [0.5, 0.6) is 0 Å². The molecule has 0 amide bonds. The van der Waals surface area contributed by atoms with Crippen LogP contribution in [0, 0.1) is 0 Å². The van der Waals surface area contributed by atoms with Gasteiger partial charge in [0.05, 0.1) is 0 Å². The third kappa shape index (κ3) is 4.55. The van der Waals surface area contributed by atoms with Gasteiger partial charge >= 0.3 is 0 Å². The lowest BCUT2D eigenvalue weighted by Gasteiger charge is -2.10. The number of thioether (sulfide) groups is 1. The van der Waals surface area contributed by atoms with E-state index < -0.39 is 0 Å². The van der Waals surface area contributed by atoms with Crippen LogP contribution in [0.2, 0.25) is 0 Å². The molecule has 0 saturated heterocycles. The largest absolute Gasteiger partial charge is 0.329 e. The highest BCUT2D eigenvalue weighted by atomic mass is 32.2. The van der Waals surface area contributed by atoms with Gasteiger partial charge in [0.25, 0.3) is 0 Å². The molecule has 0 aromatic rings. The molecule has 0 fully saturated rings. The molecule has 54 valence electrons. The lowest BCUT2D eigenvalue weighted by molar-refractivity contribution is 0.946. The topological polar surface area (TPSA) is 26.0 Å². The molecule has 2 atom stereocenters. The van der Waals surface area contributed by atoms with E-state index in [9.17, 15) is 0 Å². The van der Waals surface area contributed by atoms with E-state index in [4.69, 9.17) is 5.73 Å².